The lowest BCUT2D eigenvalue weighted by molar-refractivity contribution is -0.272. The first kappa shape index (κ1) is 78.8. The van der Waals surface area contributed by atoms with Crippen LogP contribution in [-0.4, -0.2) is 338 Å². The molecular formula is C51H95N8O27PS. The van der Waals surface area contributed by atoms with E-state index in [1.807, 2.05) is 0 Å². The minimum Gasteiger partial charge on any atom is -0.394 e. The minimum atomic E-state index is -3.71. The number of ether oxygens (including phenoxy) is 9. The van der Waals surface area contributed by atoms with Gasteiger partial charge in [-0.25, -0.2) is 0 Å². The monoisotopic (exact) mass is 1310 g/mol. The van der Waals surface area contributed by atoms with Crippen LogP contribution in [0.2, 0.25) is 0 Å². The Morgan fingerprint density at radius 2 is 0.795 bits per heavy atom. The molecule has 3 heterocycles. The molecule has 3 rings (SSSR count). The van der Waals surface area contributed by atoms with E-state index in [9.17, 15) is 79.6 Å². The molecule has 16 unspecified atom stereocenters. The molecular weight excluding hydrogens is 1220 g/mol. The fraction of sp³-hybridized carbons (Fsp3) is 0.882. The number of aliphatic hydroxyl groups excluding tert-OH is 9. The Labute approximate surface area is 515 Å². The van der Waals surface area contributed by atoms with Gasteiger partial charge in [-0.2, -0.15) is 0 Å². The first-order valence-corrected chi connectivity index (χ1v) is 31.4. The van der Waals surface area contributed by atoms with Crippen molar-refractivity contribution in [3.63, 3.8) is 0 Å². The van der Waals surface area contributed by atoms with E-state index >= 15 is 0 Å². The van der Waals surface area contributed by atoms with Crippen molar-refractivity contribution < 1.29 is 131 Å². The fourth-order valence-corrected chi connectivity index (χ4v) is 11.0. The predicted octanol–water partition coefficient (Wildman–Crippen LogP) is -8.69. The van der Waals surface area contributed by atoms with Crippen molar-refractivity contribution in [2.45, 2.75) is 145 Å². The maximum absolute atomic E-state index is 13.3. The molecule has 35 nitrogen and oxygen atoms in total. The average Bonchev–Trinajstić information content (AvgIpc) is 1.32. The molecule has 0 aliphatic carbocycles. The summed E-state index contributed by atoms with van der Waals surface area (Å²) in [6.45, 7) is 2.39. The highest BCUT2D eigenvalue weighted by molar-refractivity contribution is 8.07. The molecule has 0 radical (unpaired) electrons. The minimum absolute atomic E-state index is 0.00382. The topological polar surface area (TPSA) is 485 Å². The standard InChI is InChI=1S/C51H95N8O27PS/c1-30(63)55-39-45(72)42(69)33(27-60)83-48(39)79-21-18-76-14-8-52-36(66)24-58(13-17-82-87(75,88)86-51(4,5)6)11-7-12-59(25-37(67)53-9-15-77-19-22-80-49-40(56-31(2)64)46(73)43(70)34(28-61)84-49)26-38(68)54-10-16-78-20-23-81-50-41(57-32(3)65)47(74)44(71)35(29-62)85-50/h33-35,39-50,60-62,69-74H,7-29H2,1-6H3,(H,52,66)(H,53,67)(H,54,68)(H,55,63)(H,56,64)(H,57,65)(H,75,88). The molecule has 3 saturated heterocycles. The Hall–Kier alpha value is -3.45. The number of amides is 6. The van der Waals surface area contributed by atoms with E-state index in [1.54, 1.807) is 30.6 Å². The number of rotatable bonds is 42. The lowest BCUT2D eigenvalue weighted by Gasteiger charge is -2.42. The van der Waals surface area contributed by atoms with Gasteiger partial charge < -0.3 is 134 Å². The van der Waals surface area contributed by atoms with Crippen molar-refractivity contribution in [2.24, 2.45) is 0 Å². The van der Waals surface area contributed by atoms with Gasteiger partial charge >= 0.3 is 6.72 Å². The van der Waals surface area contributed by atoms with Crippen LogP contribution in [0.5, 0.6) is 0 Å². The molecule has 16 N–H and O–H groups in total. The highest BCUT2D eigenvalue weighted by Crippen LogP contribution is 2.47. The largest absolute Gasteiger partial charge is 0.394 e. The zero-order valence-corrected chi connectivity index (χ0v) is 52.3. The Morgan fingerprint density at radius 3 is 1.10 bits per heavy atom. The van der Waals surface area contributed by atoms with Crippen molar-refractivity contribution in [2.75, 3.05) is 145 Å². The highest BCUT2D eigenvalue weighted by Gasteiger charge is 2.48. The number of nitrogens with one attached hydrogen (secondary N) is 6. The summed E-state index contributed by atoms with van der Waals surface area (Å²) in [5.41, 5.74) is -0.830. The molecule has 37 heteroatoms. The van der Waals surface area contributed by atoms with E-state index in [1.165, 1.54) is 20.8 Å². The SMILES string of the molecule is CC(=O)NC1C(OCCOCCNC(=O)CN(CCCN(CC(=O)NCCOCCOC2OC(CO)C(O)C(O)C2NC(C)=O)CC(=O)NCCOCCOC2OC(CO)C(O)C(O)C2NC(C)=O)CCOP(O)(=S)OC(C)(C)C)OC(CO)C(O)C1O. The number of aliphatic hydroxyl groups is 9. The van der Waals surface area contributed by atoms with Gasteiger partial charge in [-0.15, -0.1) is 0 Å². The normalized spacial score (nSPS) is 28.2. The average molecular weight is 1320 g/mol. The van der Waals surface area contributed by atoms with Crippen LogP contribution >= 0.6 is 6.72 Å². The summed E-state index contributed by atoms with van der Waals surface area (Å²) in [7, 11) is 0. The third-order valence-electron chi connectivity index (χ3n) is 13.1. The Balaban J connectivity index is 1.59. The van der Waals surface area contributed by atoms with E-state index in [2.05, 4.69) is 31.9 Å². The van der Waals surface area contributed by atoms with Crippen LogP contribution in [0.15, 0.2) is 0 Å². The Bertz CT molecular complexity index is 2060. The van der Waals surface area contributed by atoms with Crippen LogP contribution in [0.3, 0.4) is 0 Å². The van der Waals surface area contributed by atoms with Crippen LogP contribution in [0, 0.1) is 0 Å². The molecule has 6 amide bonds. The predicted molar refractivity (Wildman–Crippen MR) is 306 cm³/mol. The fourth-order valence-electron chi connectivity index (χ4n) is 9.04. The van der Waals surface area contributed by atoms with Gasteiger partial charge in [0.1, 0.15) is 73.1 Å². The molecule has 88 heavy (non-hydrogen) atoms. The third-order valence-corrected chi connectivity index (χ3v) is 14.9. The van der Waals surface area contributed by atoms with Gasteiger partial charge in [0.05, 0.1) is 111 Å². The zero-order valence-electron chi connectivity index (χ0n) is 50.6. The maximum Gasteiger partial charge on any atom is 0.325 e. The first-order valence-electron chi connectivity index (χ1n) is 28.8. The van der Waals surface area contributed by atoms with E-state index < -0.39 is 160 Å². The van der Waals surface area contributed by atoms with E-state index in [0.29, 0.717) is 0 Å². The third kappa shape index (κ3) is 29.9. The lowest BCUT2D eigenvalue weighted by atomic mass is 9.97. The molecule has 0 saturated carbocycles. The van der Waals surface area contributed by atoms with Gasteiger partial charge in [0, 0.05) is 53.5 Å². The molecule has 3 aliphatic heterocycles. The molecule has 3 aliphatic rings. The number of hydrogen-bond acceptors (Lipinski definition) is 29. The summed E-state index contributed by atoms with van der Waals surface area (Å²) in [5.74, 6) is -2.97. The Morgan fingerprint density at radius 1 is 0.477 bits per heavy atom. The second-order valence-electron chi connectivity index (χ2n) is 21.6. The smallest absolute Gasteiger partial charge is 0.325 e. The van der Waals surface area contributed by atoms with E-state index in [0.717, 1.165) is 0 Å². The Kier molecular flexibility index (Phi) is 36.9. The van der Waals surface area contributed by atoms with E-state index in [4.69, 9.17) is 63.5 Å². The highest BCUT2D eigenvalue weighted by atomic mass is 32.5. The van der Waals surface area contributed by atoms with Crippen LogP contribution in [0.1, 0.15) is 48.0 Å². The molecule has 512 valence electrons. The van der Waals surface area contributed by atoms with E-state index in [-0.39, 0.29) is 131 Å². The zero-order chi connectivity index (χ0) is 65.6. The van der Waals surface area contributed by atoms with Crippen LogP contribution in [0.25, 0.3) is 0 Å². The van der Waals surface area contributed by atoms with Crippen molar-refractivity contribution in [1.82, 2.24) is 41.7 Å². The quantitative estimate of drug-likeness (QED) is 0.0199. The van der Waals surface area contributed by atoms with Gasteiger partial charge in [-0.05, 0) is 45.5 Å². The number of carbonyl (C=O) groups excluding carboxylic acids is 6. The van der Waals surface area contributed by atoms with Crippen molar-refractivity contribution in [1.29, 1.82) is 0 Å². The van der Waals surface area contributed by atoms with Gasteiger partial charge in [0.25, 0.3) is 0 Å². The second-order valence-corrected chi connectivity index (χ2v) is 24.4. The van der Waals surface area contributed by atoms with Crippen LogP contribution < -0.4 is 31.9 Å². The number of nitrogens with zero attached hydrogens (tertiary/aromatic N) is 2. The summed E-state index contributed by atoms with van der Waals surface area (Å²) >= 11 is 5.20. The molecule has 16 atom stereocenters. The molecule has 0 bridgehead atoms. The first-order chi connectivity index (χ1) is 41.6. The summed E-state index contributed by atoms with van der Waals surface area (Å²) in [6, 6.07) is -3.44. The number of carbonyl (C=O) groups is 6. The number of hydrogen-bond donors (Lipinski definition) is 16. The lowest BCUT2D eigenvalue weighted by Crippen LogP contribution is -2.64. The summed E-state index contributed by atoms with van der Waals surface area (Å²) < 4.78 is 61.4. The van der Waals surface area contributed by atoms with Crippen LogP contribution in [-0.2, 0) is 92.3 Å². The molecule has 3 fully saturated rings. The van der Waals surface area contributed by atoms with Gasteiger partial charge in [0.15, 0.2) is 18.9 Å². The van der Waals surface area contributed by atoms with Gasteiger partial charge in [-0.1, -0.05) is 0 Å². The summed E-state index contributed by atoms with van der Waals surface area (Å²) in [4.78, 5) is 89.2. The van der Waals surface area contributed by atoms with Crippen LogP contribution in [0.4, 0.5) is 0 Å². The van der Waals surface area contributed by atoms with Gasteiger partial charge in [-0.3, -0.25) is 38.6 Å². The summed E-state index contributed by atoms with van der Waals surface area (Å²) in [6.07, 6.45) is -15.9. The van der Waals surface area contributed by atoms with Crippen molar-refractivity contribution in [3.8, 4) is 0 Å². The van der Waals surface area contributed by atoms with Crippen molar-refractivity contribution in [3.05, 3.63) is 0 Å². The maximum atomic E-state index is 13.3. The molecule has 0 aromatic heterocycles. The van der Waals surface area contributed by atoms with Crippen molar-refractivity contribution >= 4 is 54.0 Å². The second kappa shape index (κ2) is 41.2. The molecule has 0 spiro atoms. The molecule has 0 aromatic carbocycles. The summed E-state index contributed by atoms with van der Waals surface area (Å²) in [5, 5.41) is 107. The van der Waals surface area contributed by atoms with Gasteiger partial charge in [0.2, 0.25) is 35.4 Å². The molecule has 0 aromatic rings.